The zero-order chi connectivity index (χ0) is 22.1. The summed E-state index contributed by atoms with van der Waals surface area (Å²) >= 11 is 0. The molecule has 6 nitrogen and oxygen atoms in total. The van der Waals surface area contributed by atoms with Crippen molar-refractivity contribution in [1.29, 1.82) is 0 Å². The zero-order valence-corrected chi connectivity index (χ0v) is 18.1. The molecule has 2 aliphatic rings. The van der Waals surface area contributed by atoms with Gasteiger partial charge in [-0.15, -0.1) is 0 Å². The number of aliphatic hydroxyl groups is 4. The largest absolute Gasteiger partial charge is 0.497 e. The average Bonchev–Trinajstić information content (AvgIpc) is 2.80. The monoisotopic (exact) mass is 428 g/mol. The Balaban J connectivity index is 1.75. The van der Waals surface area contributed by atoms with Gasteiger partial charge in [-0.1, -0.05) is 18.2 Å². The van der Waals surface area contributed by atoms with Crippen LogP contribution < -0.4 is 4.74 Å². The molecular formula is C25H32O6. The highest BCUT2D eigenvalue weighted by Crippen LogP contribution is 2.39. The highest BCUT2D eigenvalue weighted by atomic mass is 16.5. The molecule has 31 heavy (non-hydrogen) atoms. The standard InChI is InChI=1S/C25H32O6/c1-14-16(11-15-7-9-17(30-2)10-8-15)12-20(19-6-4-3-5-18(14)19)25-24(29)23(28)22(27)21(13-26)31-25/h7-10,12,21-29H,3-6,11,13H2,1-2H3/t21-,22-,23-,24-,25+/m0/s1. The molecule has 1 heterocycles. The quantitative estimate of drug-likeness (QED) is 0.581. The van der Waals surface area contributed by atoms with Gasteiger partial charge in [-0.3, -0.25) is 0 Å². The molecule has 6 heteroatoms. The van der Waals surface area contributed by atoms with Gasteiger partial charge < -0.3 is 29.9 Å². The fourth-order valence-electron chi connectivity index (χ4n) is 4.97. The summed E-state index contributed by atoms with van der Waals surface area (Å²) in [6.07, 6.45) is -0.911. The van der Waals surface area contributed by atoms with Crippen molar-refractivity contribution in [2.24, 2.45) is 0 Å². The molecule has 2 aromatic carbocycles. The second-order valence-corrected chi connectivity index (χ2v) is 8.69. The third kappa shape index (κ3) is 4.23. The summed E-state index contributed by atoms with van der Waals surface area (Å²) in [5.74, 6) is 0.813. The molecule has 2 aromatic rings. The normalized spacial score (nSPS) is 28.3. The Morgan fingerprint density at radius 2 is 1.65 bits per heavy atom. The number of hydrogen-bond donors (Lipinski definition) is 4. The van der Waals surface area contributed by atoms with Crippen LogP contribution in [0.5, 0.6) is 5.75 Å². The molecule has 0 radical (unpaired) electrons. The maximum Gasteiger partial charge on any atom is 0.118 e. The molecule has 0 aromatic heterocycles. The van der Waals surface area contributed by atoms with Gasteiger partial charge in [-0.25, -0.2) is 0 Å². The van der Waals surface area contributed by atoms with Crippen LogP contribution >= 0.6 is 0 Å². The highest BCUT2D eigenvalue weighted by Gasteiger charge is 2.45. The number of benzene rings is 2. The third-order valence-electron chi connectivity index (χ3n) is 6.83. The summed E-state index contributed by atoms with van der Waals surface area (Å²) in [7, 11) is 1.65. The summed E-state index contributed by atoms with van der Waals surface area (Å²) in [5.41, 5.74) is 6.90. The Bertz CT molecular complexity index is 907. The van der Waals surface area contributed by atoms with Crippen LogP contribution in [0.2, 0.25) is 0 Å². The molecule has 0 saturated carbocycles. The van der Waals surface area contributed by atoms with Gasteiger partial charge in [0, 0.05) is 0 Å². The molecule has 4 rings (SSSR count). The van der Waals surface area contributed by atoms with E-state index in [2.05, 4.69) is 13.0 Å². The lowest BCUT2D eigenvalue weighted by atomic mass is 9.78. The molecule has 1 saturated heterocycles. The van der Waals surface area contributed by atoms with Gasteiger partial charge in [-0.2, -0.15) is 0 Å². The van der Waals surface area contributed by atoms with Crippen LogP contribution in [0.15, 0.2) is 30.3 Å². The second kappa shape index (κ2) is 9.27. The smallest absolute Gasteiger partial charge is 0.118 e. The van der Waals surface area contributed by atoms with E-state index in [1.54, 1.807) is 7.11 Å². The molecule has 0 unspecified atom stereocenters. The average molecular weight is 429 g/mol. The van der Waals surface area contributed by atoms with Gasteiger partial charge in [0.15, 0.2) is 0 Å². The van der Waals surface area contributed by atoms with Crippen molar-refractivity contribution in [3.63, 3.8) is 0 Å². The molecule has 0 bridgehead atoms. The van der Waals surface area contributed by atoms with Crippen molar-refractivity contribution in [3.8, 4) is 5.75 Å². The van der Waals surface area contributed by atoms with Crippen LogP contribution in [0.1, 0.15) is 52.3 Å². The van der Waals surface area contributed by atoms with E-state index in [0.717, 1.165) is 54.5 Å². The first kappa shape index (κ1) is 22.2. The van der Waals surface area contributed by atoms with E-state index >= 15 is 0 Å². The number of ether oxygens (including phenoxy) is 2. The predicted molar refractivity (Wildman–Crippen MR) is 116 cm³/mol. The van der Waals surface area contributed by atoms with Gasteiger partial charge in [0.2, 0.25) is 0 Å². The van der Waals surface area contributed by atoms with E-state index in [-0.39, 0.29) is 0 Å². The van der Waals surface area contributed by atoms with Crippen LogP contribution in [0.4, 0.5) is 0 Å². The molecule has 1 aliphatic carbocycles. The third-order valence-corrected chi connectivity index (χ3v) is 6.83. The Hall–Kier alpha value is -1.96. The highest BCUT2D eigenvalue weighted by molar-refractivity contribution is 5.50. The van der Waals surface area contributed by atoms with Crippen molar-refractivity contribution >= 4 is 0 Å². The predicted octanol–water partition coefficient (Wildman–Crippen LogP) is 1.99. The minimum atomic E-state index is -1.37. The van der Waals surface area contributed by atoms with Gasteiger partial charge in [0.05, 0.1) is 13.7 Å². The summed E-state index contributed by atoms with van der Waals surface area (Å²) in [4.78, 5) is 0. The zero-order valence-electron chi connectivity index (χ0n) is 18.1. The summed E-state index contributed by atoms with van der Waals surface area (Å²) < 4.78 is 11.2. The van der Waals surface area contributed by atoms with Crippen molar-refractivity contribution in [3.05, 3.63) is 63.7 Å². The lowest BCUT2D eigenvalue weighted by Gasteiger charge is -2.41. The first-order chi connectivity index (χ1) is 14.9. The molecular weight excluding hydrogens is 396 g/mol. The first-order valence-corrected chi connectivity index (χ1v) is 11.0. The fraction of sp³-hybridized carbons (Fsp3) is 0.520. The van der Waals surface area contributed by atoms with Gasteiger partial charge in [0.1, 0.15) is 36.3 Å². The Morgan fingerprint density at radius 1 is 0.968 bits per heavy atom. The van der Waals surface area contributed by atoms with Crippen molar-refractivity contribution < 1.29 is 29.9 Å². The number of methoxy groups -OCH3 is 1. The van der Waals surface area contributed by atoms with Crippen LogP contribution in [-0.2, 0) is 24.0 Å². The van der Waals surface area contributed by atoms with E-state index in [1.807, 2.05) is 24.3 Å². The van der Waals surface area contributed by atoms with Crippen molar-refractivity contribution in [1.82, 2.24) is 0 Å². The van der Waals surface area contributed by atoms with E-state index in [0.29, 0.717) is 0 Å². The minimum absolute atomic E-state index is 0.422. The molecule has 1 fully saturated rings. The number of hydrogen-bond acceptors (Lipinski definition) is 6. The lowest BCUT2D eigenvalue weighted by molar-refractivity contribution is -0.231. The van der Waals surface area contributed by atoms with Crippen molar-refractivity contribution in [2.75, 3.05) is 13.7 Å². The van der Waals surface area contributed by atoms with Crippen LogP contribution in [-0.4, -0.2) is 58.6 Å². The van der Waals surface area contributed by atoms with E-state index in [9.17, 15) is 20.4 Å². The van der Waals surface area contributed by atoms with Gasteiger partial charge in [0.25, 0.3) is 0 Å². The van der Waals surface area contributed by atoms with E-state index < -0.39 is 37.1 Å². The maximum absolute atomic E-state index is 10.8. The first-order valence-electron chi connectivity index (χ1n) is 11.0. The number of fused-ring (bicyclic) bond motifs is 1. The summed E-state index contributed by atoms with van der Waals surface area (Å²) in [6.45, 7) is 1.73. The SMILES string of the molecule is COc1ccc(Cc2cc([C@H]3O[C@@H](CO)[C@H](O)[C@H](O)[C@@H]3O)c3c(c2C)CCCC3)cc1. The molecule has 1 aliphatic heterocycles. The minimum Gasteiger partial charge on any atom is -0.497 e. The van der Waals surface area contributed by atoms with Crippen LogP contribution in [0.3, 0.4) is 0 Å². The summed E-state index contributed by atoms with van der Waals surface area (Å²) in [6, 6.07) is 10.1. The fourth-order valence-corrected chi connectivity index (χ4v) is 4.97. The molecule has 0 amide bonds. The molecule has 4 N–H and O–H groups in total. The maximum atomic E-state index is 10.8. The Labute approximate surface area is 183 Å². The second-order valence-electron chi connectivity index (χ2n) is 8.69. The lowest BCUT2D eigenvalue weighted by Crippen LogP contribution is -2.55. The van der Waals surface area contributed by atoms with E-state index in [4.69, 9.17) is 9.47 Å². The van der Waals surface area contributed by atoms with Gasteiger partial charge in [-0.05, 0) is 84.5 Å². The van der Waals surface area contributed by atoms with Crippen LogP contribution in [0.25, 0.3) is 0 Å². The summed E-state index contributed by atoms with van der Waals surface area (Å²) in [5, 5.41) is 40.9. The number of rotatable bonds is 5. The molecule has 0 spiro atoms. The van der Waals surface area contributed by atoms with Crippen molar-refractivity contribution in [2.45, 2.75) is 69.5 Å². The Kier molecular flexibility index (Phi) is 6.65. The number of aliphatic hydroxyl groups excluding tert-OH is 4. The Morgan fingerprint density at radius 3 is 2.29 bits per heavy atom. The van der Waals surface area contributed by atoms with Crippen LogP contribution in [0, 0.1) is 6.92 Å². The topological polar surface area (TPSA) is 99.4 Å². The molecule has 5 atom stereocenters. The van der Waals surface area contributed by atoms with Gasteiger partial charge >= 0.3 is 0 Å². The van der Waals surface area contributed by atoms with E-state index in [1.165, 1.54) is 16.7 Å². The molecule has 168 valence electrons.